The molecule has 1 saturated heterocycles. The van der Waals surface area contributed by atoms with Gasteiger partial charge in [0.15, 0.2) is 0 Å². The van der Waals surface area contributed by atoms with Gasteiger partial charge in [0.2, 0.25) is 5.89 Å². The van der Waals surface area contributed by atoms with Crippen molar-refractivity contribution >= 4 is 18.7 Å². The molecule has 1 aliphatic rings. The van der Waals surface area contributed by atoms with Crippen molar-refractivity contribution < 1.29 is 14.3 Å². The van der Waals surface area contributed by atoms with Gasteiger partial charge in [-0.1, -0.05) is 19.6 Å². The van der Waals surface area contributed by atoms with Crippen molar-refractivity contribution in [2.75, 3.05) is 6.54 Å². The van der Waals surface area contributed by atoms with Gasteiger partial charge in [-0.25, -0.2) is 4.79 Å². The van der Waals surface area contributed by atoms with Gasteiger partial charge in [-0.3, -0.25) is 4.90 Å². The number of amides is 1. The summed E-state index contributed by atoms with van der Waals surface area (Å²) in [5.41, 5.74) is 0. The predicted octanol–water partition coefficient (Wildman–Crippen LogP) is 1.81. The minimum absolute atomic E-state index is 0.165. The molecular weight excluding hydrogens is 230 g/mol. The monoisotopic (exact) mass is 243 g/mol. The van der Waals surface area contributed by atoms with E-state index in [4.69, 9.17) is 9.52 Å². The van der Waals surface area contributed by atoms with Crippen LogP contribution < -0.4 is 0 Å². The summed E-state index contributed by atoms with van der Waals surface area (Å²) in [4.78, 5) is 12.4. The van der Waals surface area contributed by atoms with Crippen molar-refractivity contribution in [2.24, 2.45) is 5.92 Å². The highest BCUT2D eigenvalue weighted by Gasteiger charge is 2.34. The molecule has 6 nitrogen and oxygen atoms in total. The molecule has 16 heavy (non-hydrogen) atoms. The molecule has 0 saturated carbocycles. The van der Waals surface area contributed by atoms with Gasteiger partial charge in [-0.05, 0) is 18.8 Å². The number of carbonyl (C=O) groups is 1. The minimum Gasteiger partial charge on any atom is -0.465 e. The van der Waals surface area contributed by atoms with E-state index in [0.29, 0.717) is 24.8 Å². The Morgan fingerprint density at radius 3 is 2.94 bits per heavy atom. The maximum absolute atomic E-state index is 11.1. The summed E-state index contributed by atoms with van der Waals surface area (Å²) < 4.78 is 5.19. The number of piperidine rings is 1. The van der Waals surface area contributed by atoms with Gasteiger partial charge in [0.05, 0.1) is 0 Å². The van der Waals surface area contributed by atoms with Gasteiger partial charge in [-0.15, -0.1) is 10.2 Å². The van der Waals surface area contributed by atoms with Crippen LogP contribution in [0.15, 0.2) is 9.64 Å². The van der Waals surface area contributed by atoms with Crippen LogP contribution >= 0.6 is 12.6 Å². The van der Waals surface area contributed by atoms with Gasteiger partial charge in [0.1, 0.15) is 6.04 Å². The minimum atomic E-state index is -0.948. The van der Waals surface area contributed by atoms with Crippen LogP contribution in [0.5, 0.6) is 0 Å². The summed E-state index contributed by atoms with van der Waals surface area (Å²) >= 11 is 3.92. The molecule has 0 spiro atoms. The molecule has 0 aliphatic carbocycles. The number of rotatable bonds is 1. The highest BCUT2D eigenvalue weighted by Crippen LogP contribution is 2.33. The molecule has 2 atom stereocenters. The van der Waals surface area contributed by atoms with Crippen molar-refractivity contribution in [3.8, 4) is 0 Å². The van der Waals surface area contributed by atoms with Crippen LogP contribution in [0.25, 0.3) is 0 Å². The molecule has 2 heterocycles. The van der Waals surface area contributed by atoms with Crippen LogP contribution in [0, 0.1) is 5.92 Å². The average molecular weight is 243 g/mol. The summed E-state index contributed by atoms with van der Waals surface area (Å²) in [7, 11) is 0. The third-order valence-corrected chi connectivity index (χ3v) is 3.01. The van der Waals surface area contributed by atoms with Crippen LogP contribution in [-0.4, -0.2) is 32.8 Å². The predicted molar refractivity (Wildman–Crippen MR) is 57.4 cm³/mol. The first-order valence-corrected chi connectivity index (χ1v) is 5.54. The molecule has 1 amide bonds. The van der Waals surface area contributed by atoms with Crippen molar-refractivity contribution in [3.63, 3.8) is 0 Å². The van der Waals surface area contributed by atoms with Gasteiger partial charge in [-0.2, -0.15) is 0 Å². The standard InChI is InChI=1S/C9H13N3O3S/c1-5-2-3-12(9(13)14)6(4-5)7-10-11-8(16)15-7/h5-6H,2-4H2,1H3,(H,11,16)(H,13,14)/t5?,6-/m1/s1. The van der Waals surface area contributed by atoms with E-state index >= 15 is 0 Å². The molecule has 1 aromatic rings. The largest absolute Gasteiger partial charge is 0.465 e. The summed E-state index contributed by atoms with van der Waals surface area (Å²) in [6.45, 7) is 2.59. The fourth-order valence-corrected chi connectivity index (χ4v) is 2.10. The fraction of sp³-hybridized carbons (Fsp3) is 0.667. The number of carboxylic acid groups (broad SMARTS) is 1. The molecule has 0 radical (unpaired) electrons. The van der Waals surface area contributed by atoms with Crippen LogP contribution in [0.4, 0.5) is 4.79 Å². The van der Waals surface area contributed by atoms with Gasteiger partial charge in [0.25, 0.3) is 5.22 Å². The lowest BCUT2D eigenvalue weighted by atomic mass is 9.93. The summed E-state index contributed by atoms with van der Waals surface area (Å²) in [6, 6.07) is -0.338. The zero-order chi connectivity index (χ0) is 11.7. The van der Waals surface area contributed by atoms with Crippen LogP contribution in [0.2, 0.25) is 0 Å². The van der Waals surface area contributed by atoms with Gasteiger partial charge < -0.3 is 9.52 Å². The SMILES string of the molecule is CC1CCN(C(=O)O)[C@@H](c2nnc(S)o2)C1. The maximum atomic E-state index is 11.1. The molecule has 1 aliphatic heterocycles. The van der Waals surface area contributed by atoms with E-state index in [1.165, 1.54) is 4.90 Å². The normalized spacial score (nSPS) is 25.8. The quantitative estimate of drug-likeness (QED) is 0.735. The summed E-state index contributed by atoms with van der Waals surface area (Å²) in [5.74, 6) is 0.787. The molecule has 1 aromatic heterocycles. The first kappa shape index (κ1) is 11.3. The lowest BCUT2D eigenvalue weighted by Gasteiger charge is -2.34. The highest BCUT2D eigenvalue weighted by molar-refractivity contribution is 7.80. The van der Waals surface area contributed by atoms with Crippen molar-refractivity contribution in [2.45, 2.75) is 31.0 Å². The van der Waals surface area contributed by atoms with E-state index < -0.39 is 6.09 Å². The fourth-order valence-electron chi connectivity index (χ4n) is 1.97. The van der Waals surface area contributed by atoms with Gasteiger partial charge >= 0.3 is 6.09 Å². The van der Waals surface area contributed by atoms with E-state index in [2.05, 4.69) is 29.7 Å². The highest BCUT2D eigenvalue weighted by atomic mass is 32.1. The lowest BCUT2D eigenvalue weighted by molar-refractivity contribution is 0.0800. The molecule has 1 fully saturated rings. The number of thiol groups is 1. The molecule has 1 unspecified atom stereocenters. The van der Waals surface area contributed by atoms with Crippen LogP contribution in [0.1, 0.15) is 31.7 Å². The summed E-state index contributed by atoms with van der Waals surface area (Å²) in [5, 5.41) is 16.7. The third kappa shape index (κ3) is 2.13. The van der Waals surface area contributed by atoms with Crippen molar-refractivity contribution in [1.29, 1.82) is 0 Å². The summed E-state index contributed by atoms with van der Waals surface area (Å²) in [6.07, 6.45) is 0.627. The van der Waals surface area contributed by atoms with Gasteiger partial charge in [0, 0.05) is 6.54 Å². The van der Waals surface area contributed by atoms with E-state index in [9.17, 15) is 4.79 Å². The molecule has 2 rings (SSSR count). The third-order valence-electron chi connectivity index (χ3n) is 2.83. The molecule has 1 N–H and O–H groups in total. The van der Waals surface area contributed by atoms with E-state index in [-0.39, 0.29) is 11.3 Å². The zero-order valence-corrected chi connectivity index (χ0v) is 9.72. The van der Waals surface area contributed by atoms with Crippen molar-refractivity contribution in [3.05, 3.63) is 5.89 Å². The van der Waals surface area contributed by atoms with E-state index in [0.717, 1.165) is 6.42 Å². The smallest absolute Gasteiger partial charge is 0.407 e. The van der Waals surface area contributed by atoms with Crippen molar-refractivity contribution in [1.82, 2.24) is 15.1 Å². The number of hydrogen-bond acceptors (Lipinski definition) is 5. The molecule has 88 valence electrons. The number of likely N-dealkylation sites (tertiary alicyclic amines) is 1. The second kappa shape index (κ2) is 4.32. The molecule has 0 aromatic carbocycles. The van der Waals surface area contributed by atoms with E-state index in [1.54, 1.807) is 0 Å². The second-order valence-electron chi connectivity index (χ2n) is 4.04. The first-order valence-electron chi connectivity index (χ1n) is 5.10. The van der Waals surface area contributed by atoms with Crippen LogP contribution in [0.3, 0.4) is 0 Å². The Kier molecular flexibility index (Phi) is 3.04. The Labute approximate surface area is 98.1 Å². The average Bonchev–Trinajstić information content (AvgIpc) is 2.64. The molecular formula is C9H13N3O3S. The van der Waals surface area contributed by atoms with Crippen LogP contribution in [-0.2, 0) is 0 Å². The number of nitrogens with zero attached hydrogens (tertiary/aromatic N) is 3. The first-order chi connectivity index (χ1) is 7.58. The second-order valence-corrected chi connectivity index (χ2v) is 4.43. The molecule has 0 bridgehead atoms. The van der Waals surface area contributed by atoms with E-state index in [1.807, 2.05) is 0 Å². The Morgan fingerprint density at radius 2 is 2.38 bits per heavy atom. The number of aromatic nitrogens is 2. The Bertz CT molecular complexity index is 395. The molecule has 7 heteroatoms. The zero-order valence-electron chi connectivity index (χ0n) is 8.83. The number of hydrogen-bond donors (Lipinski definition) is 2. The lowest BCUT2D eigenvalue weighted by Crippen LogP contribution is -2.39. The maximum Gasteiger partial charge on any atom is 0.407 e. The topological polar surface area (TPSA) is 79.5 Å². The Morgan fingerprint density at radius 1 is 1.62 bits per heavy atom. The Hall–Kier alpha value is -1.24. The Balaban J connectivity index is 2.23.